The van der Waals surface area contributed by atoms with E-state index in [2.05, 4.69) is 0 Å². The lowest BCUT2D eigenvalue weighted by atomic mass is 9.99. The maximum Gasteiger partial charge on any atom is 0.307 e. The predicted octanol–water partition coefficient (Wildman–Crippen LogP) is 2.70. The van der Waals surface area contributed by atoms with Crippen molar-refractivity contribution < 1.29 is 19.7 Å². The highest BCUT2D eigenvalue weighted by Crippen LogP contribution is 2.38. The lowest BCUT2D eigenvalue weighted by Crippen LogP contribution is -2.04. The number of aliphatic hydroxyl groups is 1. The Morgan fingerprint density at radius 3 is 2.80 bits per heavy atom. The first kappa shape index (κ1) is 12.7. The van der Waals surface area contributed by atoms with Gasteiger partial charge in [-0.2, -0.15) is 0 Å². The van der Waals surface area contributed by atoms with Gasteiger partial charge in [0, 0.05) is 12.0 Å². The molecule has 1 aliphatic rings. The summed E-state index contributed by atoms with van der Waals surface area (Å²) in [5, 5.41) is 19.2. The molecule has 2 aromatic rings. The minimum Gasteiger partial charge on any atom is -0.481 e. The highest BCUT2D eigenvalue weighted by atomic mass is 16.5. The number of carbonyl (C=O) groups is 1. The number of hydrogen-bond donors (Lipinski definition) is 2. The number of aliphatic hydroxyl groups excluding tert-OH is 1. The van der Waals surface area contributed by atoms with E-state index < -0.39 is 12.1 Å². The number of ether oxygens (including phenoxy) is 1. The molecule has 102 valence electrons. The lowest BCUT2D eigenvalue weighted by Gasteiger charge is -2.12. The maximum absolute atomic E-state index is 10.8. The molecule has 4 nitrogen and oxygen atoms in total. The molecule has 0 spiro atoms. The molecule has 0 radical (unpaired) electrons. The Morgan fingerprint density at radius 1 is 1.20 bits per heavy atom. The number of para-hydroxylation sites is 1. The number of benzene rings is 2. The van der Waals surface area contributed by atoms with Crippen LogP contribution in [0.2, 0.25) is 0 Å². The average Bonchev–Trinajstić information content (AvgIpc) is 2.54. The van der Waals surface area contributed by atoms with E-state index in [9.17, 15) is 9.90 Å². The van der Waals surface area contributed by atoms with Gasteiger partial charge in [-0.05, 0) is 29.3 Å². The summed E-state index contributed by atoms with van der Waals surface area (Å²) >= 11 is 0. The third-order valence-corrected chi connectivity index (χ3v) is 3.39. The van der Waals surface area contributed by atoms with Gasteiger partial charge in [0.15, 0.2) is 0 Å². The molecule has 0 saturated carbocycles. The molecule has 1 aliphatic heterocycles. The minimum absolute atomic E-state index is 0.0626. The Labute approximate surface area is 116 Å². The predicted molar refractivity (Wildman–Crippen MR) is 73.0 cm³/mol. The Kier molecular flexibility index (Phi) is 3.16. The van der Waals surface area contributed by atoms with Crippen molar-refractivity contribution in [2.75, 3.05) is 0 Å². The van der Waals surface area contributed by atoms with E-state index in [0.29, 0.717) is 23.3 Å². The number of carboxylic acids is 1. The Hall–Kier alpha value is -2.33. The molecule has 0 saturated heterocycles. The highest BCUT2D eigenvalue weighted by Gasteiger charge is 2.22. The second-order valence-electron chi connectivity index (χ2n) is 4.87. The molecule has 0 amide bonds. The molecule has 3 rings (SSSR count). The fraction of sp³-hybridized carbons (Fsp3) is 0.188. The molecule has 2 aromatic carbocycles. The summed E-state index contributed by atoms with van der Waals surface area (Å²) in [6.45, 7) is 0. The zero-order valence-electron chi connectivity index (χ0n) is 10.7. The fourth-order valence-corrected chi connectivity index (χ4v) is 2.44. The van der Waals surface area contributed by atoms with Crippen LogP contribution < -0.4 is 4.74 Å². The van der Waals surface area contributed by atoms with Crippen LogP contribution in [0.3, 0.4) is 0 Å². The molecular formula is C16H14O4. The number of fused-ring (bicyclic) bond motifs is 2. The zero-order chi connectivity index (χ0) is 14.1. The molecule has 0 aromatic heterocycles. The van der Waals surface area contributed by atoms with Crippen LogP contribution >= 0.6 is 0 Å². The summed E-state index contributed by atoms with van der Waals surface area (Å²) in [5.41, 5.74) is 2.24. The smallest absolute Gasteiger partial charge is 0.307 e. The van der Waals surface area contributed by atoms with Crippen molar-refractivity contribution in [1.82, 2.24) is 0 Å². The molecule has 2 N–H and O–H groups in total. The van der Waals surface area contributed by atoms with Gasteiger partial charge in [0.2, 0.25) is 0 Å². The van der Waals surface area contributed by atoms with E-state index in [-0.39, 0.29) is 6.42 Å². The first-order valence-corrected chi connectivity index (χ1v) is 6.42. The van der Waals surface area contributed by atoms with E-state index in [1.165, 1.54) is 0 Å². The Morgan fingerprint density at radius 2 is 2.00 bits per heavy atom. The second kappa shape index (κ2) is 4.98. The molecule has 0 unspecified atom stereocenters. The summed E-state index contributed by atoms with van der Waals surface area (Å²) in [5.74, 6) is 0.421. The van der Waals surface area contributed by atoms with Crippen LogP contribution in [0.25, 0.3) is 0 Å². The first-order chi connectivity index (χ1) is 9.63. The molecule has 0 bridgehead atoms. The van der Waals surface area contributed by atoms with Gasteiger partial charge in [0.05, 0.1) is 12.5 Å². The van der Waals surface area contributed by atoms with Gasteiger partial charge >= 0.3 is 5.97 Å². The number of hydrogen-bond acceptors (Lipinski definition) is 3. The maximum atomic E-state index is 10.8. The number of rotatable bonds is 2. The van der Waals surface area contributed by atoms with E-state index in [1.807, 2.05) is 24.3 Å². The summed E-state index contributed by atoms with van der Waals surface area (Å²) in [6, 6.07) is 12.7. The third kappa shape index (κ3) is 2.38. The quantitative estimate of drug-likeness (QED) is 0.880. The topological polar surface area (TPSA) is 66.8 Å². The molecular weight excluding hydrogens is 256 g/mol. The largest absolute Gasteiger partial charge is 0.481 e. The first-order valence-electron chi connectivity index (χ1n) is 6.42. The highest BCUT2D eigenvalue weighted by molar-refractivity contribution is 5.70. The van der Waals surface area contributed by atoms with E-state index >= 15 is 0 Å². The number of carboxylic acid groups (broad SMARTS) is 1. The third-order valence-electron chi connectivity index (χ3n) is 3.39. The van der Waals surface area contributed by atoms with Crippen molar-refractivity contribution in [3.05, 3.63) is 59.2 Å². The summed E-state index contributed by atoms with van der Waals surface area (Å²) in [4.78, 5) is 10.8. The molecule has 4 heteroatoms. The van der Waals surface area contributed by atoms with E-state index in [0.717, 1.165) is 11.3 Å². The second-order valence-corrected chi connectivity index (χ2v) is 4.87. The summed E-state index contributed by atoms with van der Waals surface area (Å²) in [7, 11) is 0. The lowest BCUT2D eigenvalue weighted by molar-refractivity contribution is -0.136. The van der Waals surface area contributed by atoms with Gasteiger partial charge in [-0.15, -0.1) is 0 Å². The van der Waals surface area contributed by atoms with Crippen LogP contribution in [0.4, 0.5) is 0 Å². The van der Waals surface area contributed by atoms with Gasteiger partial charge in [-0.1, -0.05) is 24.3 Å². The zero-order valence-corrected chi connectivity index (χ0v) is 10.7. The van der Waals surface area contributed by atoms with Crippen molar-refractivity contribution in [2.45, 2.75) is 18.9 Å². The van der Waals surface area contributed by atoms with Crippen LogP contribution in [0.5, 0.6) is 11.5 Å². The Balaban J connectivity index is 2.02. The van der Waals surface area contributed by atoms with E-state index in [1.54, 1.807) is 18.2 Å². The van der Waals surface area contributed by atoms with Gasteiger partial charge in [-0.25, -0.2) is 0 Å². The van der Waals surface area contributed by atoms with E-state index in [4.69, 9.17) is 9.84 Å². The average molecular weight is 270 g/mol. The van der Waals surface area contributed by atoms with Crippen molar-refractivity contribution in [2.24, 2.45) is 0 Å². The van der Waals surface area contributed by atoms with Crippen LogP contribution in [0.1, 0.15) is 22.8 Å². The van der Waals surface area contributed by atoms with Crippen LogP contribution in [-0.4, -0.2) is 16.2 Å². The van der Waals surface area contributed by atoms with Crippen molar-refractivity contribution in [3.8, 4) is 11.5 Å². The monoisotopic (exact) mass is 270 g/mol. The standard InChI is InChI=1S/C16H14O4/c17-13-9-11-3-1-2-4-14(11)20-15-6-5-10(7-12(13)15)8-16(18)19/h1-7,13,17H,8-9H2,(H,18,19)/t13-/m0/s1. The normalized spacial score (nSPS) is 16.6. The van der Waals surface area contributed by atoms with Gasteiger partial charge in [0.25, 0.3) is 0 Å². The van der Waals surface area contributed by atoms with Crippen molar-refractivity contribution in [1.29, 1.82) is 0 Å². The van der Waals surface area contributed by atoms with Crippen molar-refractivity contribution >= 4 is 5.97 Å². The van der Waals surface area contributed by atoms with Gasteiger partial charge < -0.3 is 14.9 Å². The SMILES string of the molecule is O=C(O)Cc1ccc2c(c1)[C@@H](O)Cc1ccccc1O2. The van der Waals surface area contributed by atoms with Gasteiger partial charge in [-0.3, -0.25) is 4.79 Å². The molecule has 20 heavy (non-hydrogen) atoms. The fourth-order valence-electron chi connectivity index (χ4n) is 2.44. The van der Waals surface area contributed by atoms with Crippen molar-refractivity contribution in [3.63, 3.8) is 0 Å². The Bertz CT molecular complexity index is 663. The summed E-state index contributed by atoms with van der Waals surface area (Å²) < 4.78 is 5.83. The van der Waals surface area contributed by atoms with Crippen LogP contribution in [-0.2, 0) is 17.6 Å². The van der Waals surface area contributed by atoms with Crippen LogP contribution in [0.15, 0.2) is 42.5 Å². The number of aliphatic carboxylic acids is 1. The summed E-state index contributed by atoms with van der Waals surface area (Å²) in [6.07, 6.45) is -0.297. The minimum atomic E-state index is -0.891. The molecule has 1 heterocycles. The molecule has 1 atom stereocenters. The molecule has 0 fully saturated rings. The van der Waals surface area contributed by atoms with Gasteiger partial charge in [0.1, 0.15) is 11.5 Å². The van der Waals surface area contributed by atoms with Crippen LogP contribution in [0, 0.1) is 0 Å². The molecule has 0 aliphatic carbocycles.